The molecule has 0 fully saturated rings. The Hall–Kier alpha value is -0.340. The number of rotatable bonds is 0. The van der Waals surface area contributed by atoms with Crippen molar-refractivity contribution in [2.75, 3.05) is 0 Å². The van der Waals surface area contributed by atoms with Crippen LogP contribution in [0.5, 0.6) is 0 Å². The van der Waals surface area contributed by atoms with E-state index in [-0.39, 0.29) is 10.8 Å². The molecule has 0 saturated heterocycles. The predicted molar refractivity (Wildman–Crippen MR) is 79.0 cm³/mol. The summed E-state index contributed by atoms with van der Waals surface area (Å²) in [6.45, 7) is 13.8. The summed E-state index contributed by atoms with van der Waals surface area (Å²) in [6, 6.07) is 0. The minimum atomic E-state index is 0.257. The van der Waals surface area contributed by atoms with Gasteiger partial charge in [0.2, 0.25) is 0 Å². The van der Waals surface area contributed by atoms with E-state index in [0.717, 1.165) is 0 Å². The molecule has 0 nitrogen and oxygen atoms in total. The van der Waals surface area contributed by atoms with Gasteiger partial charge in [0.15, 0.2) is 0 Å². The minimum absolute atomic E-state index is 0.257. The molecular formula is C14H20S2. The van der Waals surface area contributed by atoms with Crippen molar-refractivity contribution in [2.45, 2.75) is 41.5 Å². The third-order valence-corrected chi connectivity index (χ3v) is 5.53. The maximum atomic E-state index is 2.31. The molecule has 1 aliphatic heterocycles. The Bertz CT molecular complexity index is 443. The Balaban J connectivity index is 2.66. The van der Waals surface area contributed by atoms with Crippen LogP contribution in [0, 0.1) is 10.8 Å². The molecule has 0 unspecified atom stereocenters. The highest BCUT2D eigenvalue weighted by Gasteiger charge is 2.31. The van der Waals surface area contributed by atoms with E-state index < -0.39 is 0 Å². The maximum absolute atomic E-state index is 2.31. The third kappa shape index (κ3) is 1.93. The normalized spacial score (nSPS) is 16.4. The maximum Gasteiger partial charge on any atom is 0.0189 e. The predicted octanol–water partition coefficient (Wildman–Crippen LogP) is 4.63. The molecule has 1 aromatic rings. The van der Waals surface area contributed by atoms with Crippen molar-refractivity contribution >= 4 is 32.0 Å². The second-order valence-corrected chi connectivity index (χ2v) is 8.22. The monoisotopic (exact) mass is 252 g/mol. The molecule has 2 heteroatoms. The lowest BCUT2D eigenvalue weighted by Gasteiger charge is -2.19. The molecule has 0 atom stereocenters. The van der Waals surface area contributed by atoms with Crippen LogP contribution in [0.25, 0.3) is 0 Å². The van der Waals surface area contributed by atoms with Gasteiger partial charge in [-0.15, -0.1) is 10.9 Å². The first-order chi connectivity index (χ1) is 7.21. The van der Waals surface area contributed by atoms with Gasteiger partial charge in [-0.1, -0.05) is 41.5 Å². The van der Waals surface area contributed by atoms with Crippen LogP contribution >= 0.6 is 22.3 Å². The van der Waals surface area contributed by atoms with Crippen LogP contribution in [0.1, 0.15) is 52.7 Å². The van der Waals surface area contributed by atoms with E-state index in [1.807, 2.05) is 22.3 Å². The first kappa shape index (κ1) is 12.1. The van der Waals surface area contributed by atoms with Crippen LogP contribution in [0.3, 0.4) is 0 Å². The highest BCUT2D eigenvalue weighted by atomic mass is 32.1. The molecule has 0 radical (unpaired) electrons. The molecule has 0 aliphatic carbocycles. The van der Waals surface area contributed by atoms with Crippen LogP contribution in [0.15, 0.2) is 10.8 Å². The molecule has 0 spiro atoms. The van der Waals surface area contributed by atoms with Gasteiger partial charge in [-0.3, -0.25) is 0 Å². The number of hydrogen-bond donors (Lipinski definition) is 0. The Morgan fingerprint density at radius 3 is 1.44 bits per heavy atom. The summed E-state index contributed by atoms with van der Waals surface area (Å²) in [6.07, 6.45) is 0. The lowest BCUT2D eigenvalue weighted by atomic mass is 9.83. The van der Waals surface area contributed by atoms with E-state index in [1.165, 1.54) is 20.9 Å². The summed E-state index contributed by atoms with van der Waals surface area (Å²) >= 11 is 1.83. The fraction of sp³-hybridized carbons (Fsp3) is 0.571. The van der Waals surface area contributed by atoms with E-state index >= 15 is 0 Å². The van der Waals surface area contributed by atoms with E-state index in [2.05, 4.69) is 52.3 Å². The van der Waals surface area contributed by atoms with Crippen LogP contribution < -0.4 is 0 Å². The van der Waals surface area contributed by atoms with Gasteiger partial charge in [-0.25, -0.2) is 0 Å². The van der Waals surface area contributed by atoms with Gasteiger partial charge in [0.05, 0.1) is 0 Å². The smallest absolute Gasteiger partial charge is 0.0189 e. The van der Waals surface area contributed by atoms with Gasteiger partial charge in [0.25, 0.3) is 0 Å². The molecule has 0 saturated carbocycles. The Morgan fingerprint density at radius 1 is 0.750 bits per heavy atom. The van der Waals surface area contributed by atoms with E-state index in [4.69, 9.17) is 0 Å². The fourth-order valence-electron chi connectivity index (χ4n) is 1.97. The van der Waals surface area contributed by atoms with Crippen molar-refractivity contribution in [3.05, 3.63) is 21.9 Å². The second kappa shape index (κ2) is 3.58. The minimum Gasteiger partial charge on any atom is -0.151 e. The van der Waals surface area contributed by atoms with Gasteiger partial charge in [0, 0.05) is 20.9 Å². The molecule has 2 heterocycles. The van der Waals surface area contributed by atoms with E-state index in [0.29, 0.717) is 0 Å². The molecule has 0 aromatic carbocycles. The number of fused-ring (bicyclic) bond motifs is 1. The molecule has 0 amide bonds. The zero-order valence-corrected chi connectivity index (χ0v) is 12.6. The van der Waals surface area contributed by atoms with Crippen LogP contribution in [-0.2, 0) is 0 Å². The zero-order valence-electron chi connectivity index (χ0n) is 11.0. The van der Waals surface area contributed by atoms with Gasteiger partial charge in [-0.2, -0.15) is 11.3 Å². The van der Waals surface area contributed by atoms with Gasteiger partial charge < -0.3 is 0 Å². The zero-order chi connectivity index (χ0) is 12.1. The summed E-state index contributed by atoms with van der Waals surface area (Å²) < 4.78 is 0. The third-order valence-electron chi connectivity index (χ3n) is 2.72. The highest BCUT2D eigenvalue weighted by molar-refractivity contribution is 7.99. The largest absolute Gasteiger partial charge is 0.151 e. The Kier molecular flexibility index (Phi) is 2.71. The van der Waals surface area contributed by atoms with Crippen molar-refractivity contribution in [2.24, 2.45) is 10.8 Å². The topological polar surface area (TPSA) is 0 Å². The summed E-state index contributed by atoms with van der Waals surface area (Å²) in [5.41, 5.74) is 3.47. The average Bonchev–Trinajstić information content (AvgIpc) is 2.54. The van der Waals surface area contributed by atoms with Crippen LogP contribution in [-0.4, -0.2) is 9.73 Å². The molecule has 1 aromatic heterocycles. The van der Waals surface area contributed by atoms with Crippen LogP contribution in [0.4, 0.5) is 0 Å². The van der Waals surface area contributed by atoms with Crippen molar-refractivity contribution in [1.82, 2.24) is 0 Å². The summed E-state index contributed by atoms with van der Waals surface area (Å²) in [5.74, 6) is 0. The lowest BCUT2D eigenvalue weighted by molar-refractivity contribution is 0.600. The number of hydrogen-bond acceptors (Lipinski definition) is 1. The first-order valence-electron chi connectivity index (χ1n) is 5.71. The average molecular weight is 252 g/mol. The quantitative estimate of drug-likeness (QED) is 0.591. The molecule has 0 bridgehead atoms. The van der Waals surface area contributed by atoms with E-state index in [9.17, 15) is 0 Å². The van der Waals surface area contributed by atoms with Crippen molar-refractivity contribution in [3.8, 4) is 0 Å². The standard InChI is InChI=1S/C14H20S2/c1-13(2,3)11-9-7-15-8-10(9)12(16-11)14(4,5)6/h7-8H,1-6H3. The molecule has 1 aliphatic rings. The highest BCUT2D eigenvalue weighted by Crippen LogP contribution is 2.37. The first-order valence-corrected chi connectivity index (χ1v) is 7.47. The Labute approximate surface area is 106 Å². The van der Waals surface area contributed by atoms with Gasteiger partial charge in [-0.05, 0) is 21.6 Å². The molecule has 2 rings (SSSR count). The van der Waals surface area contributed by atoms with Crippen molar-refractivity contribution < 1.29 is 0 Å². The summed E-state index contributed by atoms with van der Waals surface area (Å²) in [7, 11) is 2.00. The second-order valence-electron chi connectivity index (χ2n) is 6.46. The Morgan fingerprint density at radius 2 is 1.12 bits per heavy atom. The summed E-state index contributed by atoms with van der Waals surface area (Å²) in [4.78, 5) is 3.07. The number of thiophene rings is 1. The summed E-state index contributed by atoms with van der Waals surface area (Å²) in [5, 5.41) is 4.61. The molecule has 0 N–H and O–H groups in total. The molecule has 88 valence electrons. The SMILES string of the molecule is CC(C)(C)C1=S=C(C(C)(C)C)c2cscc21. The van der Waals surface area contributed by atoms with E-state index in [1.54, 1.807) is 0 Å². The molecule has 16 heavy (non-hydrogen) atoms. The molecular weight excluding hydrogens is 232 g/mol. The van der Waals surface area contributed by atoms with Crippen molar-refractivity contribution in [1.29, 1.82) is 0 Å². The van der Waals surface area contributed by atoms with Crippen molar-refractivity contribution in [3.63, 3.8) is 0 Å². The van der Waals surface area contributed by atoms with Gasteiger partial charge in [0.1, 0.15) is 0 Å². The fourth-order valence-corrected chi connectivity index (χ4v) is 4.33. The lowest BCUT2D eigenvalue weighted by Crippen LogP contribution is -2.19. The van der Waals surface area contributed by atoms with Gasteiger partial charge >= 0.3 is 0 Å². The van der Waals surface area contributed by atoms with Crippen LogP contribution in [0.2, 0.25) is 0 Å².